The molecule has 0 aliphatic carbocycles. The number of nitro groups is 1. The van der Waals surface area contributed by atoms with Gasteiger partial charge in [0.25, 0.3) is 5.56 Å². The number of nitro benzene ring substituents is 1. The Morgan fingerprint density at radius 1 is 1.06 bits per heavy atom. The minimum Gasteiger partial charge on any atom is -0.478 e. The fourth-order valence-corrected chi connectivity index (χ4v) is 3.12. The molecule has 10 heteroatoms. The minimum absolute atomic E-state index is 0.0397. The molecule has 1 aromatic heterocycles. The van der Waals surface area contributed by atoms with E-state index in [2.05, 4.69) is 0 Å². The molecule has 1 heterocycles. The number of Topliss-reactive ketones (excluding diaryl/α,β-unsaturated/α-hetero) is 1. The van der Waals surface area contributed by atoms with Crippen molar-refractivity contribution < 1.29 is 14.5 Å². The summed E-state index contributed by atoms with van der Waals surface area (Å²) in [6, 6.07) is 14.5. The lowest BCUT2D eigenvalue weighted by Gasteiger charge is -2.16. The molecule has 3 rings (SSSR count). The van der Waals surface area contributed by atoms with Crippen LogP contribution in [0.2, 0.25) is 0 Å². The molecule has 0 unspecified atom stereocenters. The van der Waals surface area contributed by atoms with Gasteiger partial charge in [-0.2, -0.15) is 0 Å². The molecular weight excluding hydrogens is 404 g/mol. The van der Waals surface area contributed by atoms with E-state index in [4.69, 9.17) is 10.5 Å². The van der Waals surface area contributed by atoms with Crippen LogP contribution in [0.1, 0.15) is 22.8 Å². The largest absolute Gasteiger partial charge is 0.478 e. The van der Waals surface area contributed by atoms with Crippen LogP contribution >= 0.6 is 0 Å². The van der Waals surface area contributed by atoms with Gasteiger partial charge in [-0.15, -0.1) is 0 Å². The third-order valence-corrected chi connectivity index (χ3v) is 4.67. The molecule has 0 spiro atoms. The molecule has 2 N–H and O–H groups in total. The molecule has 0 saturated carbocycles. The van der Waals surface area contributed by atoms with Crippen LogP contribution in [-0.2, 0) is 13.1 Å². The number of nitrogens with two attached hydrogens (primary N) is 1. The number of benzene rings is 2. The highest BCUT2D eigenvalue weighted by Crippen LogP contribution is 2.26. The van der Waals surface area contributed by atoms with E-state index in [0.717, 1.165) is 14.7 Å². The Labute approximate surface area is 176 Å². The van der Waals surface area contributed by atoms with Gasteiger partial charge >= 0.3 is 11.4 Å². The minimum atomic E-state index is -0.828. The van der Waals surface area contributed by atoms with Crippen LogP contribution < -0.4 is 21.7 Å². The maximum absolute atomic E-state index is 12.8. The molecule has 0 amide bonds. The Hall–Kier alpha value is -4.21. The number of ketones is 1. The number of anilines is 1. The topological polar surface area (TPSA) is 139 Å². The molecule has 0 aliphatic rings. The van der Waals surface area contributed by atoms with Gasteiger partial charge in [-0.1, -0.05) is 42.5 Å². The molecule has 31 heavy (non-hydrogen) atoms. The Kier molecular flexibility index (Phi) is 6.29. The van der Waals surface area contributed by atoms with Crippen molar-refractivity contribution in [1.29, 1.82) is 0 Å². The maximum Gasteiger partial charge on any atom is 0.332 e. The van der Waals surface area contributed by atoms with Crippen LogP contribution in [0.15, 0.2) is 64.2 Å². The molecular formula is C21H20N4O6. The van der Waals surface area contributed by atoms with Crippen molar-refractivity contribution in [3.63, 3.8) is 0 Å². The highest BCUT2D eigenvalue weighted by atomic mass is 16.6. The van der Waals surface area contributed by atoms with Crippen molar-refractivity contribution in [2.75, 3.05) is 12.3 Å². The Morgan fingerprint density at radius 3 is 2.35 bits per heavy atom. The van der Waals surface area contributed by atoms with E-state index in [9.17, 15) is 24.5 Å². The number of aromatic nitrogens is 2. The molecule has 0 atom stereocenters. The number of rotatable bonds is 8. The highest BCUT2D eigenvalue weighted by Gasteiger charge is 2.24. The Morgan fingerprint density at radius 2 is 1.71 bits per heavy atom. The average molecular weight is 424 g/mol. The van der Waals surface area contributed by atoms with Crippen molar-refractivity contribution >= 4 is 17.3 Å². The summed E-state index contributed by atoms with van der Waals surface area (Å²) in [4.78, 5) is 48.8. The zero-order valence-corrected chi connectivity index (χ0v) is 16.7. The van der Waals surface area contributed by atoms with E-state index in [0.29, 0.717) is 0 Å². The second kappa shape index (κ2) is 9.08. The van der Waals surface area contributed by atoms with Crippen LogP contribution in [0, 0.1) is 10.1 Å². The van der Waals surface area contributed by atoms with Gasteiger partial charge in [0.1, 0.15) is 11.4 Å². The lowest BCUT2D eigenvalue weighted by molar-refractivity contribution is -0.385. The van der Waals surface area contributed by atoms with E-state index in [-0.39, 0.29) is 30.3 Å². The predicted molar refractivity (Wildman–Crippen MR) is 114 cm³/mol. The zero-order chi connectivity index (χ0) is 22.5. The molecule has 10 nitrogen and oxygen atoms in total. The summed E-state index contributed by atoms with van der Waals surface area (Å²) < 4.78 is 7.37. The normalized spacial score (nSPS) is 10.6. The van der Waals surface area contributed by atoms with Crippen molar-refractivity contribution in [2.45, 2.75) is 20.0 Å². The first kappa shape index (κ1) is 21.5. The third kappa shape index (κ3) is 4.37. The molecule has 2 aromatic carbocycles. The Bertz CT molecular complexity index is 1250. The molecule has 160 valence electrons. The van der Waals surface area contributed by atoms with Gasteiger partial charge in [0.2, 0.25) is 5.78 Å². The van der Waals surface area contributed by atoms with E-state index in [1.165, 1.54) is 24.3 Å². The van der Waals surface area contributed by atoms with E-state index >= 15 is 0 Å². The molecule has 0 bridgehead atoms. The number of carbonyl (C=O) groups excluding carboxylic acids is 1. The first-order chi connectivity index (χ1) is 14.8. The maximum atomic E-state index is 12.8. The van der Waals surface area contributed by atoms with Gasteiger partial charge in [-0.05, 0) is 18.6 Å². The van der Waals surface area contributed by atoms with Crippen molar-refractivity contribution in [1.82, 2.24) is 9.13 Å². The van der Waals surface area contributed by atoms with E-state index in [1.54, 1.807) is 31.2 Å². The summed E-state index contributed by atoms with van der Waals surface area (Å²) in [5.41, 5.74) is 4.65. The van der Waals surface area contributed by atoms with Gasteiger partial charge in [-0.3, -0.25) is 28.8 Å². The number of hydrogen-bond acceptors (Lipinski definition) is 7. The molecule has 0 radical (unpaired) electrons. The number of hydrogen-bond donors (Lipinski definition) is 1. The molecule has 3 aromatic rings. The smallest absolute Gasteiger partial charge is 0.332 e. The zero-order valence-electron chi connectivity index (χ0n) is 16.7. The van der Waals surface area contributed by atoms with Crippen LogP contribution in [0.5, 0.6) is 5.75 Å². The number of carbonyl (C=O) groups is 1. The first-order valence-electron chi connectivity index (χ1n) is 9.41. The van der Waals surface area contributed by atoms with Gasteiger partial charge < -0.3 is 10.5 Å². The summed E-state index contributed by atoms with van der Waals surface area (Å²) in [5.74, 6) is -1.18. The monoisotopic (exact) mass is 424 g/mol. The lowest BCUT2D eigenvalue weighted by atomic mass is 10.1. The van der Waals surface area contributed by atoms with Crippen molar-refractivity contribution in [3.05, 3.63) is 96.7 Å². The highest BCUT2D eigenvalue weighted by molar-refractivity contribution is 6.00. The number of nitrogen functional groups attached to an aromatic ring is 1. The van der Waals surface area contributed by atoms with Crippen LogP contribution in [0.3, 0.4) is 0 Å². The summed E-state index contributed by atoms with van der Waals surface area (Å²) in [7, 11) is 0. The van der Waals surface area contributed by atoms with Crippen molar-refractivity contribution in [3.8, 4) is 5.75 Å². The fourth-order valence-electron chi connectivity index (χ4n) is 3.12. The molecule has 0 fully saturated rings. The van der Waals surface area contributed by atoms with Gasteiger partial charge in [-0.25, -0.2) is 4.79 Å². The molecule has 0 saturated heterocycles. The van der Waals surface area contributed by atoms with Gasteiger partial charge in [0.15, 0.2) is 12.4 Å². The first-order valence-corrected chi connectivity index (χ1v) is 9.41. The number of nitrogens with zero attached hydrogens (tertiary/aromatic N) is 3. The second-order valence-corrected chi connectivity index (χ2v) is 6.60. The predicted octanol–water partition coefficient (Wildman–Crippen LogP) is 1.83. The number of para-hydroxylation sites is 2. The van der Waals surface area contributed by atoms with E-state index in [1.807, 2.05) is 6.07 Å². The van der Waals surface area contributed by atoms with Crippen LogP contribution in [0.4, 0.5) is 11.5 Å². The standard InChI is InChI=1S/C21H20N4O6/c1-2-23-20(27)18(16(26)13-31-17-11-7-6-10-15(17)25(29)30)19(22)24(21(23)28)12-14-8-4-3-5-9-14/h3-11H,2,12-13,22H2,1H3. The number of ether oxygens (including phenoxy) is 1. The average Bonchev–Trinajstić information content (AvgIpc) is 2.76. The van der Waals surface area contributed by atoms with Crippen molar-refractivity contribution in [2.24, 2.45) is 0 Å². The SMILES string of the molecule is CCn1c(=O)c(C(=O)COc2ccccc2[N+](=O)[O-])c(N)n(Cc2ccccc2)c1=O. The summed E-state index contributed by atoms with van der Waals surface area (Å²) in [5, 5.41) is 11.1. The third-order valence-electron chi connectivity index (χ3n) is 4.67. The Balaban J connectivity index is 1.99. The quantitative estimate of drug-likeness (QED) is 0.330. The van der Waals surface area contributed by atoms with Crippen LogP contribution in [-0.4, -0.2) is 26.4 Å². The molecule has 0 aliphatic heterocycles. The lowest BCUT2D eigenvalue weighted by Crippen LogP contribution is -2.44. The summed E-state index contributed by atoms with van der Waals surface area (Å²) in [6.07, 6.45) is 0. The summed E-state index contributed by atoms with van der Waals surface area (Å²) >= 11 is 0. The van der Waals surface area contributed by atoms with Gasteiger partial charge in [0, 0.05) is 12.6 Å². The second-order valence-electron chi connectivity index (χ2n) is 6.60. The van der Waals surface area contributed by atoms with Crippen LogP contribution in [0.25, 0.3) is 0 Å². The van der Waals surface area contributed by atoms with Gasteiger partial charge in [0.05, 0.1) is 11.5 Å². The summed E-state index contributed by atoms with van der Waals surface area (Å²) in [6.45, 7) is 1.05. The van der Waals surface area contributed by atoms with E-state index < -0.39 is 34.1 Å². The fraction of sp³-hybridized carbons (Fsp3) is 0.190.